The number of carbonyl (C=O) groups excluding carboxylic acids is 1. The van der Waals surface area contributed by atoms with E-state index in [4.69, 9.17) is 29.8 Å². The van der Waals surface area contributed by atoms with Crippen LogP contribution in [0.2, 0.25) is 0 Å². The molecule has 1 aliphatic heterocycles. The van der Waals surface area contributed by atoms with Crippen LogP contribution >= 0.6 is 0 Å². The number of hydrogen-bond donors (Lipinski definition) is 2. The van der Waals surface area contributed by atoms with Gasteiger partial charge >= 0.3 is 0 Å². The molecule has 5 rings (SSSR count). The molecule has 4 heterocycles. The number of nitrogens with one attached hydrogen (secondary N) is 1. The lowest BCUT2D eigenvalue weighted by atomic mass is 9.97. The van der Waals surface area contributed by atoms with Crippen LogP contribution in [0, 0.1) is 0 Å². The van der Waals surface area contributed by atoms with Crippen LogP contribution in [0.5, 0.6) is 0 Å². The maximum Gasteiger partial charge on any atom is 0.225 e. The van der Waals surface area contributed by atoms with Gasteiger partial charge in [-0.1, -0.05) is 18.2 Å². The number of allylic oxidation sites excluding steroid dienone is 1. The summed E-state index contributed by atoms with van der Waals surface area (Å²) in [6, 6.07) is 8.33. The highest BCUT2D eigenvalue weighted by atomic mass is 16.6. The predicted molar refractivity (Wildman–Crippen MR) is 182 cm³/mol. The second-order valence-corrected chi connectivity index (χ2v) is 11.2. The Balaban J connectivity index is 1.13. The van der Waals surface area contributed by atoms with Gasteiger partial charge in [0.1, 0.15) is 23.7 Å². The average Bonchev–Trinajstić information content (AvgIpc) is 3.69. The zero-order chi connectivity index (χ0) is 33.0. The normalized spacial score (nSPS) is 13.3. The van der Waals surface area contributed by atoms with Gasteiger partial charge < -0.3 is 34.6 Å². The number of rotatable bonds is 18. The molecule has 0 radical (unpaired) electrons. The number of amides is 1. The minimum atomic E-state index is 0.0928. The SMILES string of the molecule is C=Nc1[nH]ccc1/C=C(\C)c1nn(Cc2ccc3c(c2)CCN(C(=O)CCOCCOCCOCCOCC)C3)c2ncnc(N)c12. The van der Waals surface area contributed by atoms with Gasteiger partial charge in [-0.2, -0.15) is 5.10 Å². The highest BCUT2D eigenvalue weighted by Crippen LogP contribution is 2.30. The van der Waals surface area contributed by atoms with E-state index in [1.807, 2.05) is 41.8 Å². The fraction of sp³-hybridized carbons (Fsp3) is 0.441. The number of aromatic nitrogens is 5. The zero-order valence-corrected chi connectivity index (χ0v) is 27.2. The summed E-state index contributed by atoms with van der Waals surface area (Å²) in [5.74, 6) is 1.16. The van der Waals surface area contributed by atoms with Crippen molar-refractivity contribution >= 4 is 46.9 Å². The molecule has 3 N–H and O–H groups in total. The fourth-order valence-corrected chi connectivity index (χ4v) is 5.56. The maximum absolute atomic E-state index is 12.9. The van der Waals surface area contributed by atoms with Crippen molar-refractivity contribution in [2.45, 2.75) is 39.8 Å². The summed E-state index contributed by atoms with van der Waals surface area (Å²) in [4.78, 5) is 30.7. The number of nitrogens with zero attached hydrogens (tertiary/aromatic N) is 6. The number of aromatic amines is 1. The van der Waals surface area contributed by atoms with Crippen LogP contribution in [0.1, 0.15) is 48.2 Å². The van der Waals surface area contributed by atoms with Gasteiger partial charge in [-0.25, -0.2) is 19.6 Å². The first-order chi connectivity index (χ1) is 23.0. The van der Waals surface area contributed by atoms with Crippen LogP contribution < -0.4 is 5.73 Å². The number of nitrogen functional groups attached to an aromatic ring is 1. The lowest BCUT2D eigenvalue weighted by Gasteiger charge is -2.29. The molecule has 0 saturated carbocycles. The topological polar surface area (TPSA) is 155 Å². The van der Waals surface area contributed by atoms with Crippen molar-refractivity contribution in [3.63, 3.8) is 0 Å². The summed E-state index contributed by atoms with van der Waals surface area (Å²) in [7, 11) is 0. The number of ether oxygens (including phenoxy) is 4. The summed E-state index contributed by atoms with van der Waals surface area (Å²) in [6.07, 6.45) is 6.41. The Bertz CT molecular complexity index is 1680. The summed E-state index contributed by atoms with van der Waals surface area (Å²) in [5, 5.41) is 5.64. The predicted octanol–water partition coefficient (Wildman–Crippen LogP) is 4.04. The Labute approximate surface area is 274 Å². The smallest absolute Gasteiger partial charge is 0.225 e. The number of nitrogens with two attached hydrogens (primary N) is 1. The van der Waals surface area contributed by atoms with Gasteiger partial charge in [0.2, 0.25) is 5.91 Å². The van der Waals surface area contributed by atoms with Gasteiger partial charge in [-0.3, -0.25) is 4.79 Å². The third-order valence-corrected chi connectivity index (χ3v) is 7.97. The standard InChI is InChI=1S/C34H44N8O5/c1-4-44-13-14-46-17-18-47-16-15-45-12-9-29(43)41-11-8-26-20-25(5-6-28(26)22-41)21-42-34-30(32(35)38-23-39-34)31(40-42)24(2)19-27-7-10-37-33(27)36-3/h5-7,10,19-20,23,37H,3-4,8-9,11-18,21-22H2,1-2H3,(H2,35,38,39)/b24-19+. The van der Waals surface area contributed by atoms with Gasteiger partial charge in [-0.15, -0.1) is 0 Å². The number of benzene rings is 1. The van der Waals surface area contributed by atoms with Crippen LogP contribution in [-0.2, 0) is 43.3 Å². The van der Waals surface area contributed by atoms with Gasteiger partial charge in [0.25, 0.3) is 0 Å². The van der Waals surface area contributed by atoms with Gasteiger partial charge in [0, 0.05) is 31.5 Å². The maximum atomic E-state index is 12.9. The molecule has 4 aromatic rings. The fourth-order valence-electron chi connectivity index (χ4n) is 5.56. The van der Waals surface area contributed by atoms with E-state index in [-0.39, 0.29) is 5.91 Å². The van der Waals surface area contributed by atoms with Crippen LogP contribution in [0.25, 0.3) is 22.7 Å². The first kappa shape index (κ1) is 33.9. The highest BCUT2D eigenvalue weighted by Gasteiger charge is 2.22. The van der Waals surface area contributed by atoms with Crippen molar-refractivity contribution in [1.29, 1.82) is 0 Å². The van der Waals surface area contributed by atoms with E-state index in [2.05, 4.69) is 44.9 Å². The third kappa shape index (κ3) is 8.89. The van der Waals surface area contributed by atoms with Crippen molar-refractivity contribution in [2.75, 3.05) is 65.1 Å². The van der Waals surface area contributed by atoms with Crippen LogP contribution in [0.15, 0.2) is 41.8 Å². The van der Waals surface area contributed by atoms with Gasteiger partial charge in [0.05, 0.1) is 64.6 Å². The molecule has 3 aromatic heterocycles. The van der Waals surface area contributed by atoms with E-state index in [0.29, 0.717) is 102 Å². The Morgan fingerprint density at radius 2 is 1.79 bits per heavy atom. The largest absolute Gasteiger partial charge is 0.383 e. The lowest BCUT2D eigenvalue weighted by Crippen LogP contribution is -2.36. The molecule has 0 aliphatic carbocycles. The van der Waals surface area contributed by atoms with E-state index < -0.39 is 0 Å². The first-order valence-corrected chi connectivity index (χ1v) is 16.0. The Morgan fingerprint density at radius 1 is 1.04 bits per heavy atom. The number of H-pyrrole nitrogens is 1. The Hall–Kier alpha value is -4.43. The average molecular weight is 645 g/mol. The number of aliphatic imine (C=N–C) groups is 1. The van der Waals surface area contributed by atoms with Crippen LogP contribution in [-0.4, -0.2) is 102 Å². The Kier molecular flexibility index (Phi) is 12.2. The van der Waals surface area contributed by atoms with Gasteiger partial charge in [0.15, 0.2) is 5.65 Å². The second kappa shape index (κ2) is 16.9. The van der Waals surface area contributed by atoms with E-state index in [0.717, 1.165) is 34.4 Å². The van der Waals surface area contributed by atoms with Crippen molar-refractivity contribution < 1.29 is 23.7 Å². The molecule has 13 nitrogen and oxygen atoms in total. The molecule has 0 fully saturated rings. The van der Waals surface area contributed by atoms with Crippen molar-refractivity contribution in [3.05, 3.63) is 64.7 Å². The molecule has 0 atom stereocenters. The molecule has 0 bridgehead atoms. The molecule has 0 spiro atoms. The van der Waals surface area contributed by atoms with E-state index in [9.17, 15) is 4.79 Å². The second-order valence-electron chi connectivity index (χ2n) is 11.2. The highest BCUT2D eigenvalue weighted by molar-refractivity contribution is 5.98. The van der Waals surface area contributed by atoms with Crippen molar-refractivity contribution in [2.24, 2.45) is 4.99 Å². The zero-order valence-electron chi connectivity index (χ0n) is 27.2. The minimum Gasteiger partial charge on any atom is -0.383 e. The van der Waals surface area contributed by atoms with E-state index in [1.165, 1.54) is 11.9 Å². The first-order valence-electron chi connectivity index (χ1n) is 16.0. The van der Waals surface area contributed by atoms with Crippen molar-refractivity contribution in [3.8, 4) is 0 Å². The minimum absolute atomic E-state index is 0.0928. The molecule has 1 aliphatic rings. The molecule has 13 heteroatoms. The molecule has 1 amide bonds. The molecule has 0 saturated heterocycles. The van der Waals surface area contributed by atoms with E-state index >= 15 is 0 Å². The molecule has 0 unspecified atom stereocenters. The number of carbonyl (C=O) groups is 1. The number of anilines is 1. The molecule has 47 heavy (non-hydrogen) atoms. The molecular formula is C34H44N8O5. The lowest BCUT2D eigenvalue weighted by molar-refractivity contribution is -0.133. The van der Waals surface area contributed by atoms with Gasteiger partial charge in [-0.05, 0) is 61.4 Å². The number of fused-ring (bicyclic) bond motifs is 2. The summed E-state index contributed by atoms with van der Waals surface area (Å²) < 4.78 is 23.6. The van der Waals surface area contributed by atoms with Crippen LogP contribution in [0.3, 0.4) is 0 Å². The summed E-state index contributed by atoms with van der Waals surface area (Å²) in [6.45, 7) is 13.5. The third-order valence-electron chi connectivity index (χ3n) is 7.97. The van der Waals surface area contributed by atoms with E-state index in [1.54, 1.807) is 0 Å². The van der Waals surface area contributed by atoms with Crippen molar-refractivity contribution in [1.82, 2.24) is 29.6 Å². The molecule has 1 aromatic carbocycles. The quantitative estimate of drug-likeness (QED) is 0.121. The summed E-state index contributed by atoms with van der Waals surface area (Å²) in [5.41, 5.74) is 13.0. The summed E-state index contributed by atoms with van der Waals surface area (Å²) >= 11 is 0. The Morgan fingerprint density at radius 3 is 2.53 bits per heavy atom. The monoisotopic (exact) mass is 644 g/mol. The van der Waals surface area contributed by atoms with Crippen LogP contribution in [0.4, 0.5) is 11.6 Å². The molecular weight excluding hydrogens is 600 g/mol. The number of hydrogen-bond acceptors (Lipinski definition) is 10. The molecule has 250 valence electrons.